The van der Waals surface area contributed by atoms with Crippen molar-refractivity contribution in [2.24, 2.45) is 7.05 Å². The summed E-state index contributed by atoms with van der Waals surface area (Å²) >= 11 is 12.2. The molecule has 2 aliphatic carbocycles. The first kappa shape index (κ1) is 17.5. The molecule has 1 fully saturated rings. The number of rotatable bonds is 3. The minimum absolute atomic E-state index is 0.0555. The molecule has 0 radical (unpaired) electrons. The molecule has 1 saturated carbocycles. The summed E-state index contributed by atoms with van der Waals surface area (Å²) in [5.74, 6) is -0.390. The van der Waals surface area contributed by atoms with Gasteiger partial charge in [0.25, 0.3) is 12.3 Å². The van der Waals surface area contributed by atoms with Crippen LogP contribution in [-0.2, 0) is 7.05 Å². The van der Waals surface area contributed by atoms with Crippen LogP contribution in [0.25, 0.3) is 0 Å². The third kappa shape index (κ3) is 2.63. The molecule has 0 unspecified atom stereocenters. The Hall–Kier alpha value is -1.92. The molecule has 1 aromatic carbocycles. The van der Waals surface area contributed by atoms with Crippen molar-refractivity contribution in [3.05, 3.63) is 56.8 Å². The fourth-order valence-corrected chi connectivity index (χ4v) is 4.72. The van der Waals surface area contributed by atoms with E-state index < -0.39 is 18.0 Å². The van der Waals surface area contributed by atoms with E-state index in [0.29, 0.717) is 5.69 Å². The van der Waals surface area contributed by atoms with Crippen molar-refractivity contribution in [1.82, 2.24) is 9.78 Å². The maximum Gasteiger partial charge on any atom is 0.282 e. The van der Waals surface area contributed by atoms with Crippen molar-refractivity contribution >= 4 is 34.8 Å². The number of hydrogen-bond donors (Lipinski definition) is 1. The van der Waals surface area contributed by atoms with Crippen LogP contribution < -0.4 is 5.32 Å². The number of amides is 1. The Labute approximate surface area is 158 Å². The Morgan fingerprint density at radius 1 is 1.31 bits per heavy atom. The lowest BCUT2D eigenvalue weighted by molar-refractivity contribution is 0.101. The van der Waals surface area contributed by atoms with Gasteiger partial charge in [0, 0.05) is 30.8 Å². The average Bonchev–Trinajstić information content (AvgIpc) is 3.26. The maximum absolute atomic E-state index is 13.1. The first-order valence-electron chi connectivity index (χ1n) is 8.19. The number of aryl methyl sites for hydroxylation is 1. The molecule has 4 rings (SSSR count). The van der Waals surface area contributed by atoms with Crippen molar-refractivity contribution in [3.8, 4) is 0 Å². The van der Waals surface area contributed by atoms with Crippen LogP contribution in [0.2, 0.25) is 0 Å². The summed E-state index contributed by atoms with van der Waals surface area (Å²) in [6.45, 7) is 0. The highest BCUT2D eigenvalue weighted by molar-refractivity contribution is 6.56. The minimum atomic E-state index is -2.82. The molecule has 1 heterocycles. The average molecular weight is 398 g/mol. The van der Waals surface area contributed by atoms with Crippen LogP contribution in [0.3, 0.4) is 0 Å². The molecule has 1 amide bonds. The highest BCUT2D eigenvalue weighted by Crippen LogP contribution is 2.60. The van der Waals surface area contributed by atoms with Gasteiger partial charge in [0.1, 0.15) is 10.2 Å². The van der Waals surface area contributed by atoms with Gasteiger partial charge in [-0.3, -0.25) is 9.48 Å². The number of halogens is 4. The second kappa shape index (κ2) is 6.35. The van der Waals surface area contributed by atoms with E-state index in [9.17, 15) is 13.6 Å². The van der Waals surface area contributed by atoms with Gasteiger partial charge in [-0.05, 0) is 35.6 Å². The topological polar surface area (TPSA) is 46.9 Å². The predicted molar refractivity (Wildman–Crippen MR) is 96.0 cm³/mol. The van der Waals surface area contributed by atoms with E-state index >= 15 is 0 Å². The summed E-state index contributed by atoms with van der Waals surface area (Å²) in [5.41, 5.74) is 3.01. The van der Waals surface area contributed by atoms with Crippen LogP contribution in [0.1, 0.15) is 58.3 Å². The molecule has 26 heavy (non-hydrogen) atoms. The van der Waals surface area contributed by atoms with Gasteiger partial charge in [-0.1, -0.05) is 35.3 Å². The Morgan fingerprint density at radius 3 is 2.73 bits per heavy atom. The van der Waals surface area contributed by atoms with Crippen LogP contribution in [0.4, 0.5) is 14.5 Å². The number of aromatic nitrogens is 2. The molecular formula is C18H15Cl2F2N3O. The van der Waals surface area contributed by atoms with Crippen molar-refractivity contribution in [2.45, 2.75) is 31.1 Å². The molecule has 136 valence electrons. The number of carbonyl (C=O) groups is 1. The number of fused-ring (bicyclic) bond motifs is 5. The fourth-order valence-electron chi connectivity index (χ4n) is 4.19. The zero-order valence-corrected chi connectivity index (χ0v) is 15.3. The summed E-state index contributed by atoms with van der Waals surface area (Å²) in [5, 5.41) is 6.46. The van der Waals surface area contributed by atoms with Gasteiger partial charge in [0.2, 0.25) is 0 Å². The van der Waals surface area contributed by atoms with E-state index in [1.807, 2.05) is 12.1 Å². The van der Waals surface area contributed by atoms with Crippen molar-refractivity contribution < 1.29 is 13.6 Å². The first-order chi connectivity index (χ1) is 12.4. The van der Waals surface area contributed by atoms with E-state index in [1.54, 1.807) is 6.07 Å². The normalized spacial score (nSPS) is 20.6. The van der Waals surface area contributed by atoms with Gasteiger partial charge in [-0.25, -0.2) is 8.78 Å². The molecule has 4 nitrogen and oxygen atoms in total. The van der Waals surface area contributed by atoms with E-state index in [1.165, 1.54) is 17.9 Å². The van der Waals surface area contributed by atoms with Gasteiger partial charge in [-0.2, -0.15) is 5.10 Å². The molecule has 8 heteroatoms. The van der Waals surface area contributed by atoms with Crippen LogP contribution >= 0.6 is 23.2 Å². The van der Waals surface area contributed by atoms with Gasteiger partial charge in [0.05, 0.1) is 5.56 Å². The zero-order valence-electron chi connectivity index (χ0n) is 13.8. The maximum atomic E-state index is 13.1. The molecular weight excluding hydrogens is 383 g/mol. The summed E-state index contributed by atoms with van der Waals surface area (Å²) in [6.07, 6.45) is 0.343. The van der Waals surface area contributed by atoms with Gasteiger partial charge in [0.15, 0.2) is 0 Å². The van der Waals surface area contributed by atoms with E-state index in [2.05, 4.69) is 10.4 Å². The quantitative estimate of drug-likeness (QED) is 0.766. The SMILES string of the molecule is Cn1cc(C(=O)Nc2cccc3c2[C@@H]2CC[C@H]3C2=C(Cl)Cl)c(C(F)F)n1. The zero-order chi connectivity index (χ0) is 18.6. The Morgan fingerprint density at radius 2 is 2.04 bits per heavy atom. The number of nitrogens with zero attached hydrogens (tertiary/aromatic N) is 2. The molecule has 2 aromatic rings. The van der Waals surface area contributed by atoms with Crippen LogP contribution in [0.5, 0.6) is 0 Å². The molecule has 2 aliphatic rings. The minimum Gasteiger partial charge on any atom is -0.322 e. The van der Waals surface area contributed by atoms with Crippen molar-refractivity contribution in [3.63, 3.8) is 0 Å². The third-order valence-corrected chi connectivity index (χ3v) is 5.57. The number of anilines is 1. The second-order valence-corrected chi connectivity index (χ2v) is 7.51. The molecule has 0 aliphatic heterocycles. The Balaban J connectivity index is 1.71. The van der Waals surface area contributed by atoms with E-state index in [4.69, 9.17) is 23.2 Å². The Kier molecular flexibility index (Phi) is 4.28. The van der Waals surface area contributed by atoms with Crippen LogP contribution in [-0.4, -0.2) is 15.7 Å². The Bertz CT molecular complexity index is 935. The molecule has 1 N–H and O–H groups in total. The number of benzene rings is 1. The van der Waals surface area contributed by atoms with Gasteiger partial charge in [-0.15, -0.1) is 0 Å². The summed E-state index contributed by atoms with van der Waals surface area (Å²) in [4.78, 5) is 12.6. The third-order valence-electron chi connectivity index (χ3n) is 5.13. The smallest absolute Gasteiger partial charge is 0.282 e. The molecule has 2 bridgehead atoms. The van der Waals surface area contributed by atoms with Crippen molar-refractivity contribution in [2.75, 3.05) is 5.32 Å². The lowest BCUT2D eigenvalue weighted by Crippen LogP contribution is -2.16. The van der Waals surface area contributed by atoms with Crippen LogP contribution in [0, 0.1) is 0 Å². The lowest BCUT2D eigenvalue weighted by Gasteiger charge is -2.18. The van der Waals surface area contributed by atoms with Crippen LogP contribution in [0.15, 0.2) is 34.5 Å². The highest BCUT2D eigenvalue weighted by atomic mass is 35.5. The first-order valence-corrected chi connectivity index (χ1v) is 8.95. The monoisotopic (exact) mass is 397 g/mol. The fraction of sp³-hybridized carbons (Fsp3) is 0.333. The van der Waals surface area contributed by atoms with Gasteiger partial charge < -0.3 is 5.32 Å². The number of hydrogen-bond acceptors (Lipinski definition) is 2. The number of carbonyl (C=O) groups excluding carboxylic acids is 1. The number of alkyl halides is 2. The molecule has 0 saturated heterocycles. The number of allylic oxidation sites excluding steroid dienone is 1. The summed E-state index contributed by atoms with van der Waals surface area (Å²) < 4.78 is 27.7. The standard InChI is InChI=1S/C18H15Cl2F2N3O/c1-25-7-11(15(24-25)17(21)22)18(26)23-12-4-2-3-8-9-5-6-10(13(8)12)14(9)16(19)20/h2-4,7,9-10,17H,5-6H2,1H3,(H,23,26)/t9-,10+/m1/s1. The highest BCUT2D eigenvalue weighted by Gasteiger charge is 2.44. The van der Waals surface area contributed by atoms with Crippen molar-refractivity contribution in [1.29, 1.82) is 0 Å². The molecule has 2 atom stereocenters. The lowest BCUT2D eigenvalue weighted by atomic mass is 9.90. The number of nitrogens with one attached hydrogen (secondary N) is 1. The largest absolute Gasteiger partial charge is 0.322 e. The summed E-state index contributed by atoms with van der Waals surface area (Å²) in [6, 6.07) is 5.61. The predicted octanol–water partition coefficient (Wildman–Crippen LogP) is 5.27. The summed E-state index contributed by atoms with van der Waals surface area (Å²) in [7, 11) is 1.50. The van der Waals surface area contributed by atoms with E-state index in [-0.39, 0.29) is 21.9 Å². The molecule has 0 spiro atoms. The van der Waals surface area contributed by atoms with E-state index in [0.717, 1.165) is 29.5 Å². The van der Waals surface area contributed by atoms with Gasteiger partial charge >= 0.3 is 0 Å². The molecule has 1 aromatic heterocycles. The second-order valence-electron chi connectivity index (χ2n) is 6.56.